The molecule has 0 amide bonds. The molecule has 2 rings (SSSR count). The molecule has 1 heterocycles. The van der Waals surface area contributed by atoms with Crippen molar-refractivity contribution in [2.75, 3.05) is 0 Å². The number of aliphatic carboxylic acids is 1. The van der Waals surface area contributed by atoms with Gasteiger partial charge in [-0.3, -0.25) is 15.1 Å². The van der Waals surface area contributed by atoms with Crippen LogP contribution in [-0.4, -0.2) is 21.6 Å². The molecule has 4 nitrogen and oxygen atoms in total. The van der Waals surface area contributed by atoms with E-state index in [0.717, 1.165) is 24.2 Å². The largest absolute Gasteiger partial charge is 0.480 e. The third-order valence-electron chi connectivity index (χ3n) is 3.42. The highest BCUT2D eigenvalue weighted by Gasteiger charge is 2.47. The van der Waals surface area contributed by atoms with Crippen LogP contribution in [0.1, 0.15) is 31.2 Å². The van der Waals surface area contributed by atoms with Crippen LogP contribution in [0.3, 0.4) is 0 Å². The number of carbonyl (C=O) groups is 1. The summed E-state index contributed by atoms with van der Waals surface area (Å²) in [6, 6.07) is 5.78. The molecule has 0 aromatic carbocycles. The van der Waals surface area contributed by atoms with E-state index in [1.165, 1.54) is 0 Å². The van der Waals surface area contributed by atoms with Gasteiger partial charge in [0, 0.05) is 12.2 Å². The van der Waals surface area contributed by atoms with Crippen LogP contribution < -0.4 is 5.32 Å². The van der Waals surface area contributed by atoms with Crippen molar-refractivity contribution in [2.45, 2.75) is 38.8 Å². The molecule has 17 heavy (non-hydrogen) atoms. The van der Waals surface area contributed by atoms with Gasteiger partial charge in [0.25, 0.3) is 0 Å². The van der Waals surface area contributed by atoms with Crippen LogP contribution in [0.2, 0.25) is 0 Å². The second-order valence-electron chi connectivity index (χ2n) is 4.91. The van der Waals surface area contributed by atoms with E-state index in [1.807, 2.05) is 25.1 Å². The minimum atomic E-state index is -0.814. The molecule has 1 fully saturated rings. The fraction of sp³-hybridized carbons (Fsp3) is 0.538. The Balaban J connectivity index is 2.03. The standard InChI is InChI=1S/C13H18N2O2/c1-9-4-3-5-11(15-9)8-14-13(2,12(16)17)10-6-7-10/h3-5,10,14H,6-8H2,1-2H3,(H,16,17). The van der Waals surface area contributed by atoms with Crippen molar-refractivity contribution in [1.29, 1.82) is 0 Å². The first-order valence-corrected chi connectivity index (χ1v) is 5.93. The SMILES string of the molecule is Cc1cccc(CNC(C)(C(=O)O)C2CC2)n1. The van der Waals surface area contributed by atoms with E-state index in [9.17, 15) is 9.90 Å². The number of nitrogens with zero attached hydrogens (tertiary/aromatic N) is 1. The summed E-state index contributed by atoms with van der Waals surface area (Å²) >= 11 is 0. The molecule has 1 atom stereocenters. The van der Waals surface area contributed by atoms with Crippen molar-refractivity contribution in [3.8, 4) is 0 Å². The van der Waals surface area contributed by atoms with Gasteiger partial charge in [-0.05, 0) is 44.7 Å². The van der Waals surface area contributed by atoms with Gasteiger partial charge in [-0.25, -0.2) is 0 Å². The van der Waals surface area contributed by atoms with E-state index in [0.29, 0.717) is 6.54 Å². The highest BCUT2D eigenvalue weighted by atomic mass is 16.4. The average molecular weight is 234 g/mol. The lowest BCUT2D eigenvalue weighted by atomic mass is 9.96. The van der Waals surface area contributed by atoms with Crippen LogP contribution in [0.25, 0.3) is 0 Å². The molecule has 0 saturated heterocycles. The van der Waals surface area contributed by atoms with Gasteiger partial charge in [-0.2, -0.15) is 0 Å². The number of hydrogen-bond donors (Lipinski definition) is 2. The number of rotatable bonds is 5. The molecule has 1 aromatic heterocycles. The molecule has 0 radical (unpaired) electrons. The number of aromatic nitrogens is 1. The van der Waals surface area contributed by atoms with Gasteiger partial charge in [0.05, 0.1) is 5.69 Å². The lowest BCUT2D eigenvalue weighted by Gasteiger charge is -2.26. The summed E-state index contributed by atoms with van der Waals surface area (Å²) in [6.07, 6.45) is 1.99. The molecule has 0 aliphatic heterocycles. The van der Waals surface area contributed by atoms with E-state index in [4.69, 9.17) is 0 Å². The second-order valence-corrected chi connectivity index (χ2v) is 4.91. The summed E-state index contributed by atoms with van der Waals surface area (Å²) in [5.41, 5.74) is 1.02. The Morgan fingerprint density at radius 2 is 2.29 bits per heavy atom. The summed E-state index contributed by atoms with van der Waals surface area (Å²) in [4.78, 5) is 15.7. The predicted molar refractivity (Wildman–Crippen MR) is 64.6 cm³/mol. The molecule has 1 aromatic rings. The third kappa shape index (κ3) is 2.64. The Bertz CT molecular complexity index is 429. The summed E-state index contributed by atoms with van der Waals surface area (Å²) in [7, 11) is 0. The maximum Gasteiger partial charge on any atom is 0.323 e. The first-order chi connectivity index (χ1) is 8.02. The lowest BCUT2D eigenvalue weighted by molar-refractivity contribution is -0.145. The molecule has 1 saturated carbocycles. The van der Waals surface area contributed by atoms with Crippen molar-refractivity contribution >= 4 is 5.97 Å². The Hall–Kier alpha value is -1.42. The number of pyridine rings is 1. The minimum Gasteiger partial charge on any atom is -0.480 e. The third-order valence-corrected chi connectivity index (χ3v) is 3.42. The first-order valence-electron chi connectivity index (χ1n) is 5.93. The van der Waals surface area contributed by atoms with Gasteiger partial charge in [0.1, 0.15) is 5.54 Å². The highest BCUT2D eigenvalue weighted by Crippen LogP contribution is 2.39. The summed E-state index contributed by atoms with van der Waals surface area (Å²) in [5.74, 6) is -0.516. The quantitative estimate of drug-likeness (QED) is 0.814. The zero-order valence-corrected chi connectivity index (χ0v) is 10.2. The van der Waals surface area contributed by atoms with Gasteiger partial charge in [-0.1, -0.05) is 6.07 Å². The van der Waals surface area contributed by atoms with E-state index in [1.54, 1.807) is 6.92 Å². The van der Waals surface area contributed by atoms with Crippen molar-refractivity contribution in [3.63, 3.8) is 0 Å². The van der Waals surface area contributed by atoms with Crippen LogP contribution in [-0.2, 0) is 11.3 Å². The number of hydrogen-bond acceptors (Lipinski definition) is 3. The van der Waals surface area contributed by atoms with Crippen LogP contribution in [0, 0.1) is 12.8 Å². The molecular weight excluding hydrogens is 216 g/mol. The minimum absolute atomic E-state index is 0.254. The summed E-state index contributed by atoms with van der Waals surface area (Å²) in [5, 5.41) is 12.4. The van der Waals surface area contributed by atoms with E-state index >= 15 is 0 Å². The maximum absolute atomic E-state index is 11.3. The highest BCUT2D eigenvalue weighted by molar-refractivity contribution is 5.79. The van der Waals surface area contributed by atoms with Gasteiger partial charge < -0.3 is 5.11 Å². The fourth-order valence-corrected chi connectivity index (χ4v) is 2.03. The van der Waals surface area contributed by atoms with Gasteiger partial charge in [0.15, 0.2) is 0 Å². The Kier molecular flexibility index (Phi) is 3.15. The van der Waals surface area contributed by atoms with Crippen LogP contribution in [0.5, 0.6) is 0 Å². The molecule has 1 aliphatic rings. The van der Waals surface area contributed by atoms with Crippen molar-refractivity contribution < 1.29 is 9.90 Å². The average Bonchev–Trinajstić information content (AvgIpc) is 3.09. The number of nitrogens with one attached hydrogen (secondary N) is 1. The van der Waals surface area contributed by atoms with Crippen molar-refractivity contribution in [3.05, 3.63) is 29.6 Å². The Labute approximate surface area is 101 Å². The number of aryl methyl sites for hydroxylation is 1. The van der Waals surface area contributed by atoms with Crippen molar-refractivity contribution in [2.24, 2.45) is 5.92 Å². The van der Waals surface area contributed by atoms with Gasteiger partial charge >= 0.3 is 5.97 Å². The molecular formula is C13H18N2O2. The molecule has 4 heteroatoms. The summed E-state index contributed by atoms with van der Waals surface area (Å²) in [6.45, 7) is 4.20. The van der Waals surface area contributed by atoms with Crippen LogP contribution in [0.15, 0.2) is 18.2 Å². The van der Waals surface area contributed by atoms with Gasteiger partial charge in [-0.15, -0.1) is 0 Å². The van der Waals surface area contributed by atoms with Gasteiger partial charge in [0.2, 0.25) is 0 Å². The monoisotopic (exact) mass is 234 g/mol. The molecule has 0 spiro atoms. The van der Waals surface area contributed by atoms with E-state index in [-0.39, 0.29) is 5.92 Å². The zero-order valence-electron chi connectivity index (χ0n) is 10.2. The second kappa shape index (κ2) is 4.45. The lowest BCUT2D eigenvalue weighted by Crippen LogP contribution is -2.51. The molecule has 92 valence electrons. The van der Waals surface area contributed by atoms with Crippen LogP contribution in [0.4, 0.5) is 0 Å². The normalized spacial score (nSPS) is 18.7. The first kappa shape index (κ1) is 12.0. The predicted octanol–water partition coefficient (Wildman–Crippen LogP) is 1.73. The van der Waals surface area contributed by atoms with E-state index in [2.05, 4.69) is 10.3 Å². The molecule has 0 bridgehead atoms. The molecule has 1 unspecified atom stereocenters. The fourth-order valence-electron chi connectivity index (χ4n) is 2.03. The zero-order chi connectivity index (χ0) is 12.5. The van der Waals surface area contributed by atoms with Crippen molar-refractivity contribution in [1.82, 2.24) is 10.3 Å². The number of carboxylic acids is 1. The molecule has 1 aliphatic carbocycles. The Morgan fingerprint density at radius 3 is 2.82 bits per heavy atom. The smallest absolute Gasteiger partial charge is 0.323 e. The number of carboxylic acid groups (broad SMARTS) is 1. The van der Waals surface area contributed by atoms with E-state index < -0.39 is 11.5 Å². The Morgan fingerprint density at radius 1 is 1.59 bits per heavy atom. The maximum atomic E-state index is 11.3. The summed E-state index contributed by atoms with van der Waals surface area (Å²) < 4.78 is 0. The topological polar surface area (TPSA) is 62.2 Å². The molecule has 2 N–H and O–H groups in total. The van der Waals surface area contributed by atoms with Crippen LogP contribution >= 0.6 is 0 Å².